The predicted molar refractivity (Wildman–Crippen MR) is 148 cm³/mol. The number of aromatic hydroxyl groups is 1. The van der Waals surface area contributed by atoms with E-state index in [1.165, 1.54) is 6.92 Å². The van der Waals surface area contributed by atoms with Crippen LogP contribution >= 0.6 is 24.1 Å². The summed E-state index contributed by atoms with van der Waals surface area (Å²) >= 11 is 0.735. The number of aromatic carboxylic acids is 1. The Hall–Kier alpha value is -3.92. The zero-order valence-electron chi connectivity index (χ0n) is 21.7. The van der Waals surface area contributed by atoms with Crippen molar-refractivity contribution >= 4 is 73.7 Å². The van der Waals surface area contributed by atoms with Gasteiger partial charge in [-0.05, 0) is 49.4 Å². The van der Waals surface area contributed by atoms with Gasteiger partial charge in [-0.2, -0.15) is 36.7 Å². The highest BCUT2D eigenvalue weighted by atomic mass is 32.2. The minimum atomic E-state index is -5.01. The molecule has 0 fully saturated rings. The molecule has 0 saturated heterocycles. The maximum absolute atomic E-state index is 13.5. The molecule has 0 atom stereocenters. The van der Waals surface area contributed by atoms with Crippen molar-refractivity contribution in [3.63, 3.8) is 0 Å². The first-order chi connectivity index (χ1) is 21.1. The molecule has 1 aliphatic heterocycles. The molecule has 4 rings (SSSR count). The highest BCUT2D eigenvalue weighted by molar-refractivity contribution is 7.94. The third-order valence-corrected chi connectivity index (χ3v) is 8.60. The minimum Gasteiger partial charge on any atom is -0.493 e. The van der Waals surface area contributed by atoms with Crippen LogP contribution in [-0.4, -0.2) is 74.0 Å². The summed E-state index contributed by atoms with van der Waals surface area (Å²) in [6.07, 6.45) is 0.826. The standard InChI is InChI=1S/C21H16N4O16S4/c1-9-12(19(26)24(22-9)14-6-10(42-40-38-30)2-4-16(14)44(32,33)34)8-13-18(21(28)29)23-25(20(13)27)15-7-11(43-41-39-31)3-5-17(15)45(35,36)37/h2-8,27,30-31H,1H3,(H,28,29)(H,32,33,34)(H,35,36,37). The lowest BCUT2D eigenvalue weighted by Crippen LogP contribution is -2.23. The van der Waals surface area contributed by atoms with Crippen LogP contribution in [0.4, 0.5) is 5.69 Å². The van der Waals surface area contributed by atoms with Gasteiger partial charge in [0.25, 0.3) is 26.1 Å². The summed E-state index contributed by atoms with van der Waals surface area (Å²) in [6.45, 7) is 1.26. The maximum Gasteiger partial charge on any atom is 0.357 e. The lowest BCUT2D eigenvalue weighted by Gasteiger charge is -2.16. The van der Waals surface area contributed by atoms with Crippen molar-refractivity contribution < 1.29 is 75.0 Å². The lowest BCUT2D eigenvalue weighted by molar-refractivity contribution is -0.432. The summed E-state index contributed by atoms with van der Waals surface area (Å²) in [7, 11) is -9.96. The van der Waals surface area contributed by atoms with Gasteiger partial charge in [-0.3, -0.25) is 13.9 Å². The summed E-state index contributed by atoms with van der Waals surface area (Å²) in [6, 6.07) is 5.96. The van der Waals surface area contributed by atoms with Gasteiger partial charge in [-0.1, -0.05) is 10.1 Å². The van der Waals surface area contributed by atoms with E-state index in [9.17, 15) is 45.7 Å². The smallest absolute Gasteiger partial charge is 0.357 e. The molecule has 0 spiro atoms. The van der Waals surface area contributed by atoms with Gasteiger partial charge in [0.2, 0.25) is 5.88 Å². The molecule has 0 radical (unpaired) electrons. The summed E-state index contributed by atoms with van der Waals surface area (Å²) in [4.78, 5) is 24.0. The highest BCUT2D eigenvalue weighted by Crippen LogP contribution is 2.37. The van der Waals surface area contributed by atoms with E-state index in [4.69, 9.17) is 10.5 Å². The zero-order valence-corrected chi connectivity index (χ0v) is 25.0. The van der Waals surface area contributed by atoms with Gasteiger partial charge >= 0.3 is 5.97 Å². The monoisotopic (exact) mass is 708 g/mol. The second-order valence-electron chi connectivity index (χ2n) is 8.32. The Labute approximate surface area is 259 Å². The number of carbonyl (C=O) groups is 2. The molecule has 1 amide bonds. The molecule has 1 aromatic heterocycles. The fourth-order valence-corrected chi connectivity index (χ4v) is 5.93. The number of carboxylic acid groups (broad SMARTS) is 1. The van der Waals surface area contributed by atoms with Crippen molar-refractivity contribution in [3.8, 4) is 11.6 Å². The van der Waals surface area contributed by atoms with Crippen molar-refractivity contribution in [3.05, 3.63) is 53.2 Å². The third kappa shape index (κ3) is 7.16. The molecule has 3 aromatic rings. The van der Waals surface area contributed by atoms with Gasteiger partial charge in [-0.15, -0.1) is 8.67 Å². The minimum absolute atomic E-state index is 0.00806. The topological polar surface area (TPSA) is 294 Å². The van der Waals surface area contributed by atoms with Gasteiger partial charge in [-0.25, -0.2) is 15.3 Å². The van der Waals surface area contributed by atoms with E-state index in [0.717, 1.165) is 42.5 Å². The van der Waals surface area contributed by atoms with Crippen molar-refractivity contribution in [2.24, 2.45) is 5.10 Å². The van der Waals surface area contributed by atoms with E-state index < -0.39 is 76.0 Å². The molecule has 24 heteroatoms. The van der Waals surface area contributed by atoms with Crippen LogP contribution in [0.2, 0.25) is 0 Å². The van der Waals surface area contributed by atoms with Crippen LogP contribution in [0.1, 0.15) is 23.0 Å². The normalized spacial score (nSPS) is 14.8. The number of hydrazone groups is 1. The molecule has 240 valence electrons. The number of carbonyl (C=O) groups excluding carboxylic acids is 1. The van der Waals surface area contributed by atoms with Crippen LogP contribution < -0.4 is 5.01 Å². The molecule has 0 saturated carbocycles. The van der Waals surface area contributed by atoms with Crippen LogP contribution in [-0.2, 0) is 43.8 Å². The zero-order chi connectivity index (χ0) is 33.3. The van der Waals surface area contributed by atoms with Crippen LogP contribution in [0.5, 0.6) is 5.88 Å². The maximum atomic E-state index is 13.5. The second kappa shape index (κ2) is 13.2. The summed E-state index contributed by atoms with van der Waals surface area (Å²) in [5, 5.41) is 52.8. The van der Waals surface area contributed by atoms with Gasteiger partial charge in [0, 0.05) is 9.79 Å². The van der Waals surface area contributed by atoms with Crippen LogP contribution in [0.3, 0.4) is 0 Å². The SMILES string of the molecule is CC1=NN(c2cc(SOOO)ccc2S(=O)(=O)O)C(=O)C1=Cc1c(C(=O)O)nn(-c2cc(SOOO)ccc2S(=O)(=O)O)c1O. The van der Waals surface area contributed by atoms with E-state index in [0.29, 0.717) is 33.8 Å². The van der Waals surface area contributed by atoms with Gasteiger partial charge in [0.1, 0.15) is 9.79 Å². The molecular weight excluding hydrogens is 693 g/mol. The third-order valence-electron chi connectivity index (χ3n) is 5.64. The van der Waals surface area contributed by atoms with E-state index in [-0.39, 0.29) is 15.5 Å². The van der Waals surface area contributed by atoms with Crippen molar-refractivity contribution in [2.45, 2.75) is 26.5 Å². The summed E-state index contributed by atoms with van der Waals surface area (Å²) in [5.41, 5.74) is -3.21. The van der Waals surface area contributed by atoms with Crippen molar-refractivity contribution in [2.75, 3.05) is 5.01 Å². The van der Waals surface area contributed by atoms with Gasteiger partial charge < -0.3 is 10.2 Å². The Morgan fingerprint density at radius 2 is 1.42 bits per heavy atom. The predicted octanol–water partition coefficient (Wildman–Crippen LogP) is 2.43. The number of carboxylic acids is 1. The molecule has 0 unspecified atom stereocenters. The van der Waals surface area contributed by atoms with Crippen LogP contribution in [0, 0.1) is 0 Å². The summed E-state index contributed by atoms with van der Waals surface area (Å²) < 4.78 is 76.6. The first-order valence-corrected chi connectivity index (χ1v) is 15.6. The van der Waals surface area contributed by atoms with E-state index in [1.54, 1.807) is 0 Å². The fraction of sp³-hybridized carbons (Fsp3) is 0.0476. The number of rotatable bonds is 12. The molecular formula is C21H16N4O16S4. The fourth-order valence-electron chi connectivity index (χ4n) is 3.85. The summed E-state index contributed by atoms with van der Waals surface area (Å²) in [5.74, 6) is -3.88. The first kappa shape index (κ1) is 34.0. The lowest BCUT2D eigenvalue weighted by atomic mass is 10.1. The molecule has 0 aliphatic carbocycles. The molecule has 45 heavy (non-hydrogen) atoms. The molecule has 1 aliphatic rings. The Morgan fingerprint density at radius 3 is 1.91 bits per heavy atom. The van der Waals surface area contributed by atoms with Crippen molar-refractivity contribution in [1.82, 2.24) is 9.78 Å². The number of amides is 1. The molecule has 2 aromatic carbocycles. The second-order valence-corrected chi connectivity index (χ2v) is 12.7. The average Bonchev–Trinajstić information content (AvgIpc) is 3.44. The Bertz CT molecular complexity index is 1970. The average molecular weight is 709 g/mol. The number of benzene rings is 2. The van der Waals surface area contributed by atoms with Crippen LogP contribution in [0.25, 0.3) is 11.8 Å². The number of aromatic nitrogens is 2. The van der Waals surface area contributed by atoms with Crippen LogP contribution in [0.15, 0.2) is 66.7 Å². The molecule has 20 nitrogen and oxygen atoms in total. The molecule has 6 N–H and O–H groups in total. The number of anilines is 1. The number of hydrogen-bond acceptors (Lipinski definition) is 17. The Kier molecular flexibility index (Phi) is 9.97. The van der Waals surface area contributed by atoms with E-state index >= 15 is 0 Å². The number of hydrogen-bond donors (Lipinski definition) is 6. The Morgan fingerprint density at radius 1 is 0.911 bits per heavy atom. The first-order valence-electron chi connectivity index (χ1n) is 11.3. The highest BCUT2D eigenvalue weighted by Gasteiger charge is 2.35. The van der Waals surface area contributed by atoms with Gasteiger partial charge in [0.05, 0.1) is 52.3 Å². The quantitative estimate of drug-likeness (QED) is 0.0517. The molecule has 2 heterocycles. The number of nitrogens with zero attached hydrogens (tertiary/aromatic N) is 4. The van der Waals surface area contributed by atoms with Gasteiger partial charge in [0.15, 0.2) is 5.69 Å². The van der Waals surface area contributed by atoms with Crippen molar-refractivity contribution in [1.29, 1.82) is 0 Å². The molecule has 0 bridgehead atoms. The largest absolute Gasteiger partial charge is 0.493 e. The Balaban J connectivity index is 1.87. The van der Waals surface area contributed by atoms with E-state index in [2.05, 4.69) is 28.9 Å². The van der Waals surface area contributed by atoms with E-state index in [1.807, 2.05) is 0 Å².